The average Bonchev–Trinajstić information content (AvgIpc) is 2.54. The molecule has 1 amide bonds. The van der Waals surface area contributed by atoms with Gasteiger partial charge < -0.3 is 14.8 Å². The zero-order valence-electron chi connectivity index (χ0n) is 15.4. The van der Waals surface area contributed by atoms with E-state index in [0.717, 1.165) is 0 Å². The molecule has 0 bridgehead atoms. The minimum Gasteiger partial charge on any atom is -0.495 e. The molecular weight excluding hydrogens is 340 g/mol. The Hall–Kier alpha value is -1.46. The van der Waals surface area contributed by atoms with E-state index in [4.69, 9.17) is 21.1 Å². The van der Waals surface area contributed by atoms with Gasteiger partial charge in [0.25, 0.3) is 0 Å². The maximum absolute atomic E-state index is 12.5. The van der Waals surface area contributed by atoms with Gasteiger partial charge in [-0.15, -0.1) is 0 Å². The van der Waals surface area contributed by atoms with Crippen molar-refractivity contribution in [2.45, 2.75) is 51.0 Å². The Balaban J connectivity index is 1.98. The Morgan fingerprint density at radius 1 is 1.12 bits per heavy atom. The summed E-state index contributed by atoms with van der Waals surface area (Å²) in [6, 6.07) is 3.82. The number of likely N-dealkylation sites (N-methyl/N-ethyl adjacent to an activating group) is 1. The van der Waals surface area contributed by atoms with E-state index in [1.54, 1.807) is 26.4 Å². The second-order valence-electron chi connectivity index (χ2n) is 6.65. The SMILES string of the molecule is COc1cc(OC)c(NC(=O)CN(C)C2CCCCCCC2)cc1Cl. The Kier molecular flexibility index (Phi) is 7.85. The van der Waals surface area contributed by atoms with Crippen LogP contribution in [0.25, 0.3) is 0 Å². The highest BCUT2D eigenvalue weighted by molar-refractivity contribution is 6.32. The number of ether oxygens (including phenoxy) is 2. The summed E-state index contributed by atoms with van der Waals surface area (Å²) in [7, 11) is 5.13. The molecule has 0 aliphatic heterocycles. The molecule has 1 aliphatic carbocycles. The van der Waals surface area contributed by atoms with Gasteiger partial charge in [-0.2, -0.15) is 0 Å². The highest BCUT2D eigenvalue weighted by Crippen LogP contribution is 2.35. The van der Waals surface area contributed by atoms with Crippen molar-refractivity contribution >= 4 is 23.2 Å². The molecule has 1 N–H and O–H groups in total. The minimum atomic E-state index is -0.0657. The molecular formula is C19H29ClN2O3. The molecule has 25 heavy (non-hydrogen) atoms. The van der Waals surface area contributed by atoms with Crippen LogP contribution in [0, 0.1) is 0 Å². The highest BCUT2D eigenvalue weighted by atomic mass is 35.5. The van der Waals surface area contributed by atoms with Crippen molar-refractivity contribution in [2.75, 3.05) is 33.1 Å². The van der Waals surface area contributed by atoms with E-state index in [1.807, 2.05) is 7.05 Å². The number of amides is 1. The van der Waals surface area contributed by atoms with Crippen LogP contribution in [-0.2, 0) is 4.79 Å². The smallest absolute Gasteiger partial charge is 0.238 e. The van der Waals surface area contributed by atoms with Crippen molar-refractivity contribution < 1.29 is 14.3 Å². The summed E-state index contributed by atoms with van der Waals surface area (Å²) in [6.07, 6.45) is 8.78. The summed E-state index contributed by atoms with van der Waals surface area (Å²) < 4.78 is 10.5. The molecule has 0 aromatic heterocycles. The fourth-order valence-corrected chi connectivity index (χ4v) is 3.62. The fraction of sp³-hybridized carbons (Fsp3) is 0.632. The first-order chi connectivity index (χ1) is 12.0. The van der Waals surface area contributed by atoms with Crippen molar-refractivity contribution in [1.29, 1.82) is 0 Å². The van der Waals surface area contributed by atoms with Gasteiger partial charge in [0.05, 0.1) is 31.5 Å². The van der Waals surface area contributed by atoms with Crippen LogP contribution in [0.4, 0.5) is 5.69 Å². The van der Waals surface area contributed by atoms with E-state index in [0.29, 0.717) is 34.8 Å². The molecule has 1 fully saturated rings. The van der Waals surface area contributed by atoms with Crippen molar-refractivity contribution in [3.63, 3.8) is 0 Å². The number of methoxy groups -OCH3 is 2. The summed E-state index contributed by atoms with van der Waals surface area (Å²) in [5.74, 6) is 0.982. The number of carbonyl (C=O) groups excluding carboxylic acids is 1. The molecule has 5 nitrogen and oxygen atoms in total. The Morgan fingerprint density at radius 2 is 1.72 bits per heavy atom. The predicted molar refractivity (Wildman–Crippen MR) is 102 cm³/mol. The Bertz CT molecular complexity index is 572. The third kappa shape index (κ3) is 5.79. The maximum atomic E-state index is 12.5. The first-order valence-electron chi connectivity index (χ1n) is 8.96. The number of nitrogens with one attached hydrogen (secondary N) is 1. The molecule has 0 atom stereocenters. The summed E-state index contributed by atoms with van der Waals surface area (Å²) in [4.78, 5) is 14.6. The van der Waals surface area contributed by atoms with Gasteiger partial charge in [-0.1, -0.05) is 43.7 Å². The molecule has 0 radical (unpaired) electrons. The van der Waals surface area contributed by atoms with Crippen LogP contribution in [0.1, 0.15) is 44.9 Å². The quantitative estimate of drug-likeness (QED) is 0.811. The first-order valence-corrected chi connectivity index (χ1v) is 9.34. The van der Waals surface area contributed by atoms with Gasteiger partial charge in [-0.25, -0.2) is 0 Å². The molecule has 0 saturated heterocycles. The lowest BCUT2D eigenvalue weighted by Gasteiger charge is -2.29. The monoisotopic (exact) mass is 368 g/mol. The van der Waals surface area contributed by atoms with Gasteiger partial charge in [-0.3, -0.25) is 9.69 Å². The standard InChI is InChI=1S/C19H29ClN2O3/c1-22(14-9-7-5-4-6-8-10-14)13-19(23)21-16-11-15(20)17(24-2)12-18(16)25-3/h11-12,14H,4-10,13H2,1-3H3,(H,21,23). The van der Waals surface area contributed by atoms with Gasteiger partial charge in [0, 0.05) is 12.1 Å². The van der Waals surface area contributed by atoms with Crippen molar-refractivity contribution in [3.8, 4) is 11.5 Å². The van der Waals surface area contributed by atoms with Crippen LogP contribution in [0.5, 0.6) is 11.5 Å². The molecule has 0 heterocycles. The van der Waals surface area contributed by atoms with Crippen LogP contribution in [0.3, 0.4) is 0 Å². The zero-order valence-corrected chi connectivity index (χ0v) is 16.2. The van der Waals surface area contributed by atoms with Crippen LogP contribution in [0.2, 0.25) is 5.02 Å². The number of halogens is 1. The summed E-state index contributed by atoms with van der Waals surface area (Å²) >= 11 is 6.16. The topological polar surface area (TPSA) is 50.8 Å². The largest absolute Gasteiger partial charge is 0.495 e. The minimum absolute atomic E-state index is 0.0657. The number of rotatable bonds is 6. The number of benzene rings is 1. The third-order valence-electron chi connectivity index (χ3n) is 4.84. The normalized spacial score (nSPS) is 16.2. The van der Waals surface area contributed by atoms with E-state index in [1.165, 1.54) is 44.9 Å². The Labute approximate surface area is 155 Å². The predicted octanol–water partition coefficient (Wildman–Crippen LogP) is 4.34. The molecule has 0 unspecified atom stereocenters. The molecule has 1 aliphatic rings. The number of hydrogen-bond acceptors (Lipinski definition) is 4. The lowest BCUT2D eigenvalue weighted by molar-refractivity contribution is -0.117. The van der Waals surface area contributed by atoms with Crippen LogP contribution in [0.15, 0.2) is 12.1 Å². The van der Waals surface area contributed by atoms with Gasteiger partial charge in [0.15, 0.2) is 0 Å². The summed E-state index contributed by atoms with van der Waals surface area (Å²) in [5, 5.41) is 3.34. The summed E-state index contributed by atoms with van der Waals surface area (Å²) in [5.41, 5.74) is 0.560. The molecule has 1 saturated carbocycles. The maximum Gasteiger partial charge on any atom is 0.238 e. The second-order valence-corrected chi connectivity index (χ2v) is 7.06. The molecule has 1 aromatic rings. The van der Waals surface area contributed by atoms with E-state index < -0.39 is 0 Å². The van der Waals surface area contributed by atoms with Gasteiger partial charge in [0.2, 0.25) is 5.91 Å². The number of anilines is 1. The van der Waals surface area contributed by atoms with Crippen LogP contribution >= 0.6 is 11.6 Å². The van der Waals surface area contributed by atoms with Crippen LogP contribution in [-0.4, -0.2) is 44.7 Å². The first kappa shape index (κ1) is 19.9. The zero-order chi connectivity index (χ0) is 18.2. The van der Waals surface area contributed by atoms with Crippen molar-refractivity contribution in [3.05, 3.63) is 17.2 Å². The van der Waals surface area contributed by atoms with E-state index in [2.05, 4.69) is 10.2 Å². The summed E-state index contributed by atoms with van der Waals surface area (Å²) in [6.45, 7) is 0.359. The van der Waals surface area contributed by atoms with Gasteiger partial charge in [0.1, 0.15) is 11.5 Å². The fourth-order valence-electron chi connectivity index (χ4n) is 3.38. The molecule has 1 aromatic carbocycles. The van der Waals surface area contributed by atoms with Crippen molar-refractivity contribution in [1.82, 2.24) is 4.90 Å². The second kappa shape index (κ2) is 9.88. The number of nitrogens with zero attached hydrogens (tertiary/aromatic N) is 1. The molecule has 6 heteroatoms. The average molecular weight is 369 g/mol. The lowest BCUT2D eigenvalue weighted by atomic mass is 9.96. The highest BCUT2D eigenvalue weighted by Gasteiger charge is 2.19. The van der Waals surface area contributed by atoms with Gasteiger partial charge >= 0.3 is 0 Å². The number of hydrogen-bond donors (Lipinski definition) is 1. The lowest BCUT2D eigenvalue weighted by Crippen LogP contribution is -2.38. The van der Waals surface area contributed by atoms with Crippen LogP contribution < -0.4 is 14.8 Å². The van der Waals surface area contributed by atoms with Crippen molar-refractivity contribution in [2.24, 2.45) is 0 Å². The Morgan fingerprint density at radius 3 is 2.32 bits per heavy atom. The van der Waals surface area contributed by atoms with E-state index >= 15 is 0 Å². The van der Waals surface area contributed by atoms with Gasteiger partial charge in [-0.05, 0) is 26.0 Å². The van der Waals surface area contributed by atoms with E-state index in [9.17, 15) is 4.79 Å². The molecule has 2 rings (SSSR count). The third-order valence-corrected chi connectivity index (χ3v) is 5.13. The van der Waals surface area contributed by atoms with E-state index in [-0.39, 0.29) is 5.91 Å². The number of carbonyl (C=O) groups is 1. The molecule has 0 spiro atoms. The molecule has 140 valence electrons.